The fraction of sp³-hybridized carbons (Fsp3) is 0.292. The van der Waals surface area contributed by atoms with Crippen LogP contribution >= 0.6 is 50.5 Å². The zero-order chi connectivity index (χ0) is 25.2. The van der Waals surface area contributed by atoms with Gasteiger partial charge in [0.2, 0.25) is 15.9 Å². The molecule has 2 aromatic carbocycles. The molecule has 11 heteroatoms. The summed E-state index contributed by atoms with van der Waals surface area (Å²) in [7, 11) is -2.43. The topological polar surface area (TPSA) is 66.9 Å². The van der Waals surface area contributed by atoms with Gasteiger partial charge in [0, 0.05) is 39.6 Å². The Labute approximate surface area is 227 Å². The fourth-order valence-corrected chi connectivity index (χ4v) is 7.17. The van der Waals surface area contributed by atoms with Gasteiger partial charge in [-0.25, -0.2) is 8.42 Å². The smallest absolute Gasteiger partial charge is 0.243 e. The molecule has 1 aromatic heterocycles. The molecule has 6 nitrogen and oxygen atoms in total. The molecule has 3 aromatic rings. The largest absolute Gasteiger partial charge is 0.383 e. The van der Waals surface area contributed by atoms with Crippen LogP contribution in [-0.2, 0) is 26.0 Å². The van der Waals surface area contributed by atoms with Crippen molar-refractivity contribution in [3.05, 3.63) is 84.4 Å². The van der Waals surface area contributed by atoms with Crippen LogP contribution in [-0.4, -0.2) is 56.9 Å². The highest BCUT2D eigenvalue weighted by Gasteiger charge is 2.36. The van der Waals surface area contributed by atoms with Crippen LogP contribution in [0, 0.1) is 0 Å². The highest BCUT2D eigenvalue weighted by Crippen LogP contribution is 2.41. The molecule has 0 saturated heterocycles. The van der Waals surface area contributed by atoms with Crippen molar-refractivity contribution in [3.8, 4) is 0 Å². The number of rotatable bonds is 8. The van der Waals surface area contributed by atoms with Gasteiger partial charge in [-0.3, -0.25) is 4.79 Å². The molecule has 0 aliphatic carbocycles. The summed E-state index contributed by atoms with van der Waals surface area (Å²) in [4.78, 5) is 16.7. The number of thiophene rings is 1. The molecule has 0 N–H and O–H groups in total. The van der Waals surface area contributed by atoms with Gasteiger partial charge in [0.25, 0.3) is 0 Å². The number of nitrogens with zero attached hydrogens (tertiary/aromatic N) is 2. The number of hydrogen-bond acceptors (Lipinski definition) is 5. The van der Waals surface area contributed by atoms with E-state index in [4.69, 9.17) is 27.9 Å². The fourth-order valence-electron chi connectivity index (χ4n) is 4.12. The van der Waals surface area contributed by atoms with Crippen molar-refractivity contribution in [1.82, 2.24) is 9.21 Å². The van der Waals surface area contributed by atoms with Crippen molar-refractivity contribution in [2.45, 2.75) is 17.4 Å². The third-order valence-corrected chi connectivity index (χ3v) is 9.80. The number of halogens is 3. The lowest BCUT2D eigenvalue weighted by atomic mass is 9.93. The SMILES string of the molecule is COCCN(CC(=O)N1CCc2sccc2C1c1ccc(Cl)cc1Cl)S(=O)(=O)c1ccc(Br)cc1. The standard InChI is InChI=1S/C24H23BrCl2N2O4S2/c1-33-12-11-28(35(31,32)18-5-2-16(25)3-6-18)15-23(30)29-10-8-22-20(9-13-34-22)24(29)19-7-4-17(26)14-21(19)27/h2-7,9,13-14,24H,8,10-12,15H2,1H3. The first kappa shape index (κ1) is 26.6. The van der Waals surface area contributed by atoms with Crippen LogP contribution in [0.2, 0.25) is 10.0 Å². The first-order chi connectivity index (χ1) is 16.7. The summed E-state index contributed by atoms with van der Waals surface area (Å²) >= 11 is 17.6. The number of sulfonamides is 1. The monoisotopic (exact) mass is 616 g/mol. The summed E-state index contributed by atoms with van der Waals surface area (Å²) in [5.41, 5.74) is 1.75. The maximum atomic E-state index is 13.7. The average Bonchev–Trinajstić information content (AvgIpc) is 3.30. The summed E-state index contributed by atoms with van der Waals surface area (Å²) < 4.78 is 33.9. The van der Waals surface area contributed by atoms with Gasteiger partial charge in [-0.05, 0) is 65.4 Å². The second kappa shape index (κ2) is 11.3. The number of methoxy groups -OCH3 is 1. The molecule has 2 heterocycles. The third kappa shape index (κ3) is 5.77. The minimum absolute atomic E-state index is 0.0462. The van der Waals surface area contributed by atoms with Crippen molar-refractivity contribution in [2.75, 3.05) is 33.4 Å². The summed E-state index contributed by atoms with van der Waals surface area (Å²) in [6.45, 7) is 0.337. The molecule has 1 unspecified atom stereocenters. The van der Waals surface area contributed by atoms with E-state index >= 15 is 0 Å². The second-order valence-electron chi connectivity index (χ2n) is 7.99. The van der Waals surface area contributed by atoms with Gasteiger partial charge >= 0.3 is 0 Å². The van der Waals surface area contributed by atoms with Gasteiger partial charge in [0.1, 0.15) is 0 Å². The number of fused-ring (bicyclic) bond motifs is 1. The first-order valence-electron chi connectivity index (χ1n) is 10.8. The molecular weight excluding hydrogens is 595 g/mol. The summed E-state index contributed by atoms with van der Waals surface area (Å²) in [6, 6.07) is 13.1. The van der Waals surface area contributed by atoms with Gasteiger partial charge in [-0.15, -0.1) is 11.3 Å². The van der Waals surface area contributed by atoms with E-state index in [0.717, 1.165) is 15.6 Å². The van der Waals surface area contributed by atoms with Crippen LogP contribution in [0.5, 0.6) is 0 Å². The van der Waals surface area contributed by atoms with Crippen LogP contribution in [0.3, 0.4) is 0 Å². The predicted molar refractivity (Wildman–Crippen MR) is 143 cm³/mol. The molecule has 0 saturated carbocycles. The summed E-state index contributed by atoms with van der Waals surface area (Å²) in [5, 5.41) is 2.96. The molecule has 0 radical (unpaired) electrons. The van der Waals surface area contributed by atoms with Crippen LogP contribution < -0.4 is 0 Å². The number of benzene rings is 2. The highest BCUT2D eigenvalue weighted by molar-refractivity contribution is 9.10. The lowest BCUT2D eigenvalue weighted by molar-refractivity contribution is -0.133. The molecular formula is C24H23BrCl2N2O4S2. The normalized spacial score (nSPS) is 15.9. The molecule has 4 rings (SSSR count). The Kier molecular flexibility index (Phi) is 8.58. The van der Waals surface area contributed by atoms with Crippen LogP contribution in [0.15, 0.2) is 63.3 Å². The molecule has 0 fully saturated rings. The lowest BCUT2D eigenvalue weighted by Gasteiger charge is -2.37. The Morgan fingerprint density at radius 3 is 2.60 bits per heavy atom. The predicted octanol–water partition coefficient (Wildman–Crippen LogP) is 5.63. The molecule has 35 heavy (non-hydrogen) atoms. The molecule has 1 atom stereocenters. The molecule has 1 aliphatic heterocycles. The van der Waals surface area contributed by atoms with E-state index in [9.17, 15) is 13.2 Å². The Bertz CT molecular complexity index is 1320. The highest BCUT2D eigenvalue weighted by atomic mass is 79.9. The first-order valence-corrected chi connectivity index (χ1v) is 14.6. The van der Waals surface area contributed by atoms with Crippen molar-refractivity contribution in [1.29, 1.82) is 0 Å². The van der Waals surface area contributed by atoms with Crippen molar-refractivity contribution >= 4 is 66.4 Å². The molecule has 1 aliphatic rings. The van der Waals surface area contributed by atoms with Crippen LogP contribution in [0.25, 0.3) is 0 Å². The van der Waals surface area contributed by atoms with E-state index < -0.39 is 16.1 Å². The van der Waals surface area contributed by atoms with Crippen molar-refractivity contribution in [3.63, 3.8) is 0 Å². The number of carbonyl (C=O) groups excluding carboxylic acids is 1. The Morgan fingerprint density at radius 1 is 1.17 bits per heavy atom. The number of hydrogen-bond donors (Lipinski definition) is 0. The van der Waals surface area contributed by atoms with E-state index in [0.29, 0.717) is 23.0 Å². The van der Waals surface area contributed by atoms with Gasteiger partial charge in [0.05, 0.1) is 24.1 Å². The van der Waals surface area contributed by atoms with Crippen LogP contribution in [0.1, 0.15) is 22.0 Å². The van der Waals surface area contributed by atoms with Gasteiger partial charge < -0.3 is 9.64 Å². The minimum atomic E-state index is -3.93. The van der Waals surface area contributed by atoms with E-state index in [-0.39, 0.29) is 30.5 Å². The zero-order valence-corrected chi connectivity index (χ0v) is 23.5. The van der Waals surface area contributed by atoms with E-state index in [1.807, 2.05) is 17.5 Å². The van der Waals surface area contributed by atoms with Crippen molar-refractivity contribution < 1.29 is 17.9 Å². The van der Waals surface area contributed by atoms with Gasteiger partial charge in [-0.1, -0.05) is 45.2 Å². The number of ether oxygens (including phenoxy) is 1. The van der Waals surface area contributed by atoms with E-state index in [1.165, 1.54) is 28.4 Å². The lowest BCUT2D eigenvalue weighted by Crippen LogP contribution is -2.47. The number of carbonyl (C=O) groups is 1. The zero-order valence-electron chi connectivity index (χ0n) is 18.8. The van der Waals surface area contributed by atoms with Gasteiger partial charge in [-0.2, -0.15) is 4.31 Å². The maximum absolute atomic E-state index is 13.7. The quantitative estimate of drug-likeness (QED) is 0.329. The Hall–Kier alpha value is -1.46. The number of amides is 1. The van der Waals surface area contributed by atoms with Gasteiger partial charge in [0.15, 0.2) is 0 Å². The van der Waals surface area contributed by atoms with E-state index in [1.54, 1.807) is 40.5 Å². The average molecular weight is 618 g/mol. The minimum Gasteiger partial charge on any atom is -0.383 e. The van der Waals surface area contributed by atoms with E-state index in [2.05, 4.69) is 15.9 Å². The Morgan fingerprint density at radius 2 is 1.91 bits per heavy atom. The maximum Gasteiger partial charge on any atom is 0.243 e. The Balaban J connectivity index is 1.67. The summed E-state index contributed by atoms with van der Waals surface area (Å²) in [6.07, 6.45) is 0.692. The van der Waals surface area contributed by atoms with Crippen molar-refractivity contribution in [2.24, 2.45) is 0 Å². The van der Waals surface area contributed by atoms with Crippen LogP contribution in [0.4, 0.5) is 0 Å². The molecule has 186 valence electrons. The molecule has 0 spiro atoms. The molecule has 0 bridgehead atoms. The molecule has 1 amide bonds. The third-order valence-electron chi connectivity index (χ3n) is 5.85. The summed E-state index contributed by atoms with van der Waals surface area (Å²) in [5.74, 6) is -0.311. The second-order valence-corrected chi connectivity index (χ2v) is 12.7.